The van der Waals surface area contributed by atoms with Crippen molar-refractivity contribution in [3.05, 3.63) is 95.3 Å². The number of rotatable bonds is 6. The molecule has 4 aromatic rings. The van der Waals surface area contributed by atoms with E-state index in [2.05, 4.69) is 26.0 Å². The van der Waals surface area contributed by atoms with E-state index >= 15 is 0 Å². The van der Waals surface area contributed by atoms with E-state index in [9.17, 15) is 4.79 Å². The first-order chi connectivity index (χ1) is 17.5. The fourth-order valence-corrected chi connectivity index (χ4v) is 4.29. The summed E-state index contributed by atoms with van der Waals surface area (Å²) in [6.07, 6.45) is 8.31. The maximum absolute atomic E-state index is 13.8. The molecule has 0 radical (unpaired) electrons. The number of aryl methyl sites for hydroxylation is 1. The molecule has 0 bridgehead atoms. The molecular formula is C28H28N6O2. The van der Waals surface area contributed by atoms with Gasteiger partial charge in [-0.1, -0.05) is 12.1 Å². The average molecular weight is 481 g/mol. The van der Waals surface area contributed by atoms with Crippen LogP contribution in [0.3, 0.4) is 0 Å². The van der Waals surface area contributed by atoms with E-state index < -0.39 is 0 Å². The molecule has 5 rings (SSSR count). The molecule has 1 amide bonds. The van der Waals surface area contributed by atoms with Crippen LogP contribution < -0.4 is 5.73 Å². The van der Waals surface area contributed by atoms with Gasteiger partial charge in [0.1, 0.15) is 11.6 Å². The first-order valence-electron chi connectivity index (χ1n) is 12.0. The number of hydrogen-bond acceptors (Lipinski definition) is 7. The van der Waals surface area contributed by atoms with Gasteiger partial charge in [-0.15, -0.1) is 0 Å². The Morgan fingerprint density at radius 3 is 2.69 bits per heavy atom. The van der Waals surface area contributed by atoms with Crippen LogP contribution in [0.5, 0.6) is 0 Å². The summed E-state index contributed by atoms with van der Waals surface area (Å²) in [5.74, 6) is 0.918. The Morgan fingerprint density at radius 1 is 1.14 bits per heavy atom. The number of nitrogen functional groups attached to an aromatic ring is 1. The van der Waals surface area contributed by atoms with Gasteiger partial charge in [-0.05, 0) is 73.4 Å². The Hall–Kier alpha value is -4.17. The van der Waals surface area contributed by atoms with Crippen molar-refractivity contribution in [2.24, 2.45) is 0 Å². The summed E-state index contributed by atoms with van der Waals surface area (Å²) < 4.78 is 5.56. The lowest BCUT2D eigenvalue weighted by atomic mass is 10.1. The summed E-state index contributed by atoms with van der Waals surface area (Å²) in [7, 11) is 0. The van der Waals surface area contributed by atoms with E-state index in [1.165, 1.54) is 0 Å². The minimum absolute atomic E-state index is 0.138. The Labute approximate surface area is 209 Å². The number of carbonyl (C=O) groups is 1. The van der Waals surface area contributed by atoms with E-state index in [0.29, 0.717) is 30.4 Å². The number of carbonyl (C=O) groups excluding carboxylic acids is 1. The molecule has 1 aliphatic heterocycles. The van der Waals surface area contributed by atoms with Crippen LogP contribution in [-0.2, 0) is 11.3 Å². The third-order valence-corrected chi connectivity index (χ3v) is 6.42. The second kappa shape index (κ2) is 10.2. The number of fused-ring (bicyclic) bond motifs is 1. The van der Waals surface area contributed by atoms with Crippen LogP contribution in [0.2, 0.25) is 0 Å². The number of ether oxygens (including phenoxy) is 1. The quantitative estimate of drug-likeness (QED) is 0.432. The molecule has 3 aromatic heterocycles. The predicted octanol–water partition coefficient (Wildman–Crippen LogP) is 4.52. The van der Waals surface area contributed by atoms with E-state index in [1.807, 2.05) is 50.4 Å². The molecule has 1 atom stereocenters. The first-order valence-corrected chi connectivity index (χ1v) is 12.0. The smallest absolute Gasteiger partial charge is 0.254 e. The molecule has 0 fully saturated rings. The van der Waals surface area contributed by atoms with E-state index in [4.69, 9.17) is 10.5 Å². The molecule has 0 spiro atoms. The van der Waals surface area contributed by atoms with Gasteiger partial charge in [0.15, 0.2) is 0 Å². The van der Waals surface area contributed by atoms with Crippen molar-refractivity contribution in [1.82, 2.24) is 24.8 Å². The zero-order chi connectivity index (χ0) is 25.1. The number of amides is 1. The van der Waals surface area contributed by atoms with Gasteiger partial charge in [-0.25, -0.2) is 15.0 Å². The highest BCUT2D eigenvalue weighted by molar-refractivity contribution is 5.98. The van der Waals surface area contributed by atoms with E-state index in [0.717, 1.165) is 46.3 Å². The van der Waals surface area contributed by atoms with Crippen LogP contribution >= 0.6 is 0 Å². The maximum Gasteiger partial charge on any atom is 0.254 e. The van der Waals surface area contributed by atoms with Gasteiger partial charge in [-0.3, -0.25) is 9.78 Å². The highest BCUT2D eigenvalue weighted by Gasteiger charge is 2.26. The SMILES string of the molecule is Cc1cc2cc(C(=O)N(Cc3ccc(C4=CCCOC4)cn3)[C@H](C)c3ncccn3)ccc2nc1N. The molecule has 182 valence electrons. The number of anilines is 1. The minimum atomic E-state index is -0.364. The van der Waals surface area contributed by atoms with Gasteiger partial charge in [-0.2, -0.15) is 0 Å². The molecule has 8 nitrogen and oxygen atoms in total. The Bertz CT molecular complexity index is 1420. The predicted molar refractivity (Wildman–Crippen MR) is 139 cm³/mol. The Kier molecular flexibility index (Phi) is 6.69. The molecular weight excluding hydrogens is 452 g/mol. The van der Waals surface area contributed by atoms with Crippen molar-refractivity contribution in [3.8, 4) is 0 Å². The number of benzene rings is 1. The minimum Gasteiger partial charge on any atom is -0.383 e. The van der Waals surface area contributed by atoms with Crippen LogP contribution in [0.15, 0.2) is 67.1 Å². The first kappa shape index (κ1) is 23.6. The summed E-state index contributed by atoms with van der Waals surface area (Å²) in [5, 5.41) is 0.863. The topological polar surface area (TPSA) is 107 Å². The maximum atomic E-state index is 13.8. The lowest BCUT2D eigenvalue weighted by molar-refractivity contribution is 0.0663. The van der Waals surface area contributed by atoms with Crippen molar-refractivity contribution in [2.75, 3.05) is 18.9 Å². The molecule has 0 unspecified atom stereocenters. The standard InChI is InChI=1S/C28H28N6O2/c1-18-13-23-14-20(7-9-25(23)33-26(18)29)28(35)34(19(2)27-30-10-4-11-31-27)16-24-8-6-21(15-32-24)22-5-3-12-36-17-22/h4-11,13-15,19H,3,12,16-17H2,1-2H3,(H2,29,33)/t19-/m1/s1. The molecule has 36 heavy (non-hydrogen) atoms. The summed E-state index contributed by atoms with van der Waals surface area (Å²) in [4.78, 5) is 33.5. The molecule has 2 N–H and O–H groups in total. The van der Waals surface area contributed by atoms with Gasteiger partial charge in [0.2, 0.25) is 0 Å². The van der Waals surface area contributed by atoms with Crippen LogP contribution in [0.25, 0.3) is 16.5 Å². The number of nitrogens with two attached hydrogens (primary N) is 1. The van der Waals surface area contributed by atoms with Gasteiger partial charge in [0, 0.05) is 29.5 Å². The highest BCUT2D eigenvalue weighted by atomic mass is 16.5. The number of pyridine rings is 2. The highest BCUT2D eigenvalue weighted by Crippen LogP contribution is 2.25. The van der Waals surface area contributed by atoms with Crippen LogP contribution in [0.4, 0.5) is 5.82 Å². The average Bonchev–Trinajstić information content (AvgIpc) is 2.93. The normalized spacial score (nSPS) is 14.3. The molecule has 1 aliphatic rings. The zero-order valence-electron chi connectivity index (χ0n) is 20.4. The number of hydrogen-bond donors (Lipinski definition) is 1. The third-order valence-electron chi connectivity index (χ3n) is 6.42. The number of nitrogens with zero attached hydrogens (tertiary/aromatic N) is 5. The molecule has 1 aromatic carbocycles. The Morgan fingerprint density at radius 2 is 1.97 bits per heavy atom. The lowest BCUT2D eigenvalue weighted by Gasteiger charge is -2.28. The second-order valence-corrected chi connectivity index (χ2v) is 8.92. The molecule has 0 saturated carbocycles. The summed E-state index contributed by atoms with van der Waals surface area (Å²) in [6, 6.07) is 12.8. The summed E-state index contributed by atoms with van der Waals surface area (Å²) >= 11 is 0. The molecule has 0 saturated heterocycles. The van der Waals surface area contributed by atoms with E-state index in [-0.39, 0.29) is 11.9 Å². The molecule has 0 aliphatic carbocycles. The van der Waals surface area contributed by atoms with Crippen molar-refractivity contribution >= 4 is 28.2 Å². The fraction of sp³-hybridized carbons (Fsp3) is 0.250. The summed E-state index contributed by atoms with van der Waals surface area (Å²) in [6.45, 7) is 5.49. The number of aromatic nitrogens is 4. The molecule has 8 heteroatoms. The Balaban J connectivity index is 1.46. The molecule has 4 heterocycles. The van der Waals surface area contributed by atoms with Gasteiger partial charge in [0.25, 0.3) is 5.91 Å². The van der Waals surface area contributed by atoms with Crippen molar-refractivity contribution in [1.29, 1.82) is 0 Å². The monoisotopic (exact) mass is 480 g/mol. The lowest BCUT2D eigenvalue weighted by Crippen LogP contribution is -2.34. The second-order valence-electron chi connectivity index (χ2n) is 8.92. The van der Waals surface area contributed by atoms with Crippen LogP contribution in [0, 0.1) is 6.92 Å². The fourth-order valence-electron chi connectivity index (χ4n) is 4.29. The van der Waals surface area contributed by atoms with Gasteiger partial charge < -0.3 is 15.4 Å². The van der Waals surface area contributed by atoms with Gasteiger partial charge in [0.05, 0.1) is 37.0 Å². The van der Waals surface area contributed by atoms with Crippen LogP contribution in [0.1, 0.15) is 52.4 Å². The van der Waals surface area contributed by atoms with Crippen molar-refractivity contribution in [2.45, 2.75) is 32.9 Å². The van der Waals surface area contributed by atoms with Crippen molar-refractivity contribution < 1.29 is 9.53 Å². The largest absolute Gasteiger partial charge is 0.383 e. The zero-order valence-corrected chi connectivity index (χ0v) is 20.4. The van der Waals surface area contributed by atoms with E-state index in [1.54, 1.807) is 29.4 Å². The van der Waals surface area contributed by atoms with Gasteiger partial charge >= 0.3 is 0 Å². The van der Waals surface area contributed by atoms with Crippen molar-refractivity contribution in [3.63, 3.8) is 0 Å². The third kappa shape index (κ3) is 4.94. The summed E-state index contributed by atoms with van der Waals surface area (Å²) in [5.41, 5.74) is 11.1. The van der Waals surface area contributed by atoms with Crippen LogP contribution in [-0.4, -0.2) is 44.0 Å².